The van der Waals surface area contributed by atoms with Crippen LogP contribution in [0.1, 0.15) is 33.1 Å². The molecular formula is C13H20O. The summed E-state index contributed by atoms with van der Waals surface area (Å²) in [5.41, 5.74) is 2.80. The summed E-state index contributed by atoms with van der Waals surface area (Å²) in [7, 11) is 0. The fraction of sp³-hybridized carbons (Fsp3) is 0.692. The van der Waals surface area contributed by atoms with Crippen LogP contribution in [-0.2, 0) is 0 Å². The van der Waals surface area contributed by atoms with Gasteiger partial charge in [0.15, 0.2) is 0 Å². The van der Waals surface area contributed by atoms with Gasteiger partial charge in [0, 0.05) is 0 Å². The SMILES string of the molecule is CC=C1C[C@H]2CC(C=C(C)CO)[C@@H]1C2. The van der Waals surface area contributed by atoms with Gasteiger partial charge >= 0.3 is 0 Å². The Morgan fingerprint density at radius 3 is 2.86 bits per heavy atom. The minimum Gasteiger partial charge on any atom is -0.392 e. The monoisotopic (exact) mass is 192 g/mol. The van der Waals surface area contributed by atoms with E-state index in [-0.39, 0.29) is 6.61 Å². The van der Waals surface area contributed by atoms with Crippen LogP contribution in [0.2, 0.25) is 0 Å². The smallest absolute Gasteiger partial charge is 0.0639 e. The zero-order chi connectivity index (χ0) is 10.1. The number of hydrogen-bond donors (Lipinski definition) is 1. The Labute approximate surface area is 86.5 Å². The molecule has 0 aromatic heterocycles. The van der Waals surface area contributed by atoms with Crippen LogP contribution < -0.4 is 0 Å². The van der Waals surface area contributed by atoms with Gasteiger partial charge in [0.1, 0.15) is 0 Å². The van der Waals surface area contributed by atoms with Crippen LogP contribution in [0.3, 0.4) is 0 Å². The van der Waals surface area contributed by atoms with Gasteiger partial charge in [-0.2, -0.15) is 0 Å². The maximum absolute atomic E-state index is 9.01. The van der Waals surface area contributed by atoms with Gasteiger partial charge in [-0.1, -0.05) is 23.3 Å². The first-order valence-electron chi connectivity index (χ1n) is 5.67. The molecule has 2 aliphatic rings. The Morgan fingerprint density at radius 1 is 1.50 bits per heavy atom. The standard InChI is InChI=1S/C13H20O/c1-3-11-5-10-6-12(13(11)7-10)4-9(2)8-14/h3-4,10,12-14H,5-8H2,1-2H3/t10-,12?,13+/m0/s1. The minimum atomic E-state index is 0.221. The second-order valence-electron chi connectivity index (χ2n) is 4.85. The van der Waals surface area contributed by atoms with Crippen molar-refractivity contribution in [3.63, 3.8) is 0 Å². The predicted molar refractivity (Wildman–Crippen MR) is 58.9 cm³/mol. The first-order valence-corrected chi connectivity index (χ1v) is 5.67. The summed E-state index contributed by atoms with van der Waals surface area (Å²) in [6.07, 6.45) is 8.68. The number of rotatable bonds is 2. The van der Waals surface area contributed by atoms with Crippen LogP contribution in [-0.4, -0.2) is 11.7 Å². The highest BCUT2D eigenvalue weighted by Crippen LogP contribution is 2.52. The highest BCUT2D eigenvalue weighted by atomic mass is 16.3. The van der Waals surface area contributed by atoms with Gasteiger partial charge in [-0.25, -0.2) is 0 Å². The lowest BCUT2D eigenvalue weighted by Crippen LogP contribution is -2.11. The van der Waals surface area contributed by atoms with E-state index in [9.17, 15) is 0 Å². The van der Waals surface area contributed by atoms with E-state index in [1.54, 1.807) is 5.57 Å². The molecule has 2 aliphatic carbocycles. The highest BCUT2D eigenvalue weighted by Gasteiger charge is 2.41. The molecule has 2 fully saturated rings. The molecule has 0 aromatic carbocycles. The molecule has 78 valence electrons. The van der Waals surface area contributed by atoms with E-state index in [4.69, 9.17) is 5.11 Å². The zero-order valence-electron chi connectivity index (χ0n) is 9.16. The average Bonchev–Trinajstić information content (AvgIpc) is 2.75. The van der Waals surface area contributed by atoms with E-state index in [0.717, 1.165) is 17.4 Å². The molecule has 1 nitrogen and oxygen atoms in total. The molecule has 1 heteroatoms. The molecule has 0 aromatic rings. The molecule has 14 heavy (non-hydrogen) atoms. The van der Waals surface area contributed by atoms with Crippen LogP contribution in [0.4, 0.5) is 0 Å². The fourth-order valence-corrected chi connectivity index (χ4v) is 3.19. The summed E-state index contributed by atoms with van der Waals surface area (Å²) >= 11 is 0. The second-order valence-corrected chi connectivity index (χ2v) is 4.85. The lowest BCUT2D eigenvalue weighted by molar-refractivity contribution is 0.328. The molecule has 2 bridgehead atoms. The summed E-state index contributed by atoms with van der Waals surface area (Å²) in [6.45, 7) is 4.41. The van der Waals surface area contributed by atoms with Gasteiger partial charge < -0.3 is 5.11 Å². The zero-order valence-corrected chi connectivity index (χ0v) is 9.16. The molecule has 0 aliphatic heterocycles. The Balaban J connectivity index is 2.10. The van der Waals surface area contributed by atoms with Crippen molar-refractivity contribution >= 4 is 0 Å². The first-order chi connectivity index (χ1) is 6.74. The topological polar surface area (TPSA) is 20.2 Å². The summed E-state index contributed by atoms with van der Waals surface area (Å²) in [5, 5.41) is 9.01. The number of fused-ring (bicyclic) bond motifs is 2. The summed E-state index contributed by atoms with van der Waals surface area (Å²) in [5.74, 6) is 2.44. The Morgan fingerprint density at radius 2 is 2.29 bits per heavy atom. The number of allylic oxidation sites excluding steroid dienone is 3. The van der Waals surface area contributed by atoms with E-state index in [2.05, 4.69) is 19.1 Å². The molecule has 1 N–H and O–H groups in total. The number of aliphatic hydroxyl groups is 1. The van der Waals surface area contributed by atoms with Crippen molar-refractivity contribution in [3.05, 3.63) is 23.3 Å². The molecule has 0 amide bonds. The number of hydrogen-bond acceptors (Lipinski definition) is 1. The van der Waals surface area contributed by atoms with Crippen LogP contribution in [0.25, 0.3) is 0 Å². The summed E-state index contributed by atoms with van der Waals surface area (Å²) in [6, 6.07) is 0. The summed E-state index contributed by atoms with van der Waals surface area (Å²) in [4.78, 5) is 0. The minimum absolute atomic E-state index is 0.221. The molecule has 0 spiro atoms. The van der Waals surface area contributed by atoms with Crippen molar-refractivity contribution in [1.29, 1.82) is 0 Å². The molecule has 2 rings (SSSR count). The first kappa shape index (κ1) is 9.97. The van der Waals surface area contributed by atoms with E-state index in [0.29, 0.717) is 5.92 Å². The lowest BCUT2D eigenvalue weighted by atomic mass is 9.84. The third kappa shape index (κ3) is 1.66. The molecule has 1 unspecified atom stereocenters. The lowest BCUT2D eigenvalue weighted by Gasteiger charge is -2.22. The van der Waals surface area contributed by atoms with Gasteiger partial charge in [-0.15, -0.1) is 0 Å². The normalized spacial score (nSPS) is 39.8. The Kier molecular flexibility index (Phi) is 2.78. The highest BCUT2D eigenvalue weighted by molar-refractivity contribution is 5.22. The van der Waals surface area contributed by atoms with Crippen LogP contribution >= 0.6 is 0 Å². The largest absolute Gasteiger partial charge is 0.392 e. The van der Waals surface area contributed by atoms with Gasteiger partial charge in [0.2, 0.25) is 0 Å². The van der Waals surface area contributed by atoms with E-state index in [1.165, 1.54) is 19.3 Å². The van der Waals surface area contributed by atoms with E-state index in [1.807, 2.05) is 6.92 Å². The van der Waals surface area contributed by atoms with Crippen molar-refractivity contribution in [1.82, 2.24) is 0 Å². The molecule has 3 atom stereocenters. The van der Waals surface area contributed by atoms with Gasteiger partial charge in [-0.3, -0.25) is 0 Å². The maximum Gasteiger partial charge on any atom is 0.0639 e. The van der Waals surface area contributed by atoms with Crippen molar-refractivity contribution in [2.45, 2.75) is 33.1 Å². The quantitative estimate of drug-likeness (QED) is 0.667. The fourth-order valence-electron chi connectivity index (χ4n) is 3.19. The number of aliphatic hydroxyl groups excluding tert-OH is 1. The Bertz CT molecular complexity index is 275. The van der Waals surface area contributed by atoms with Gasteiger partial charge in [-0.05, 0) is 50.9 Å². The van der Waals surface area contributed by atoms with Crippen LogP contribution in [0.15, 0.2) is 23.3 Å². The Hall–Kier alpha value is -0.560. The predicted octanol–water partition coefficient (Wildman–Crippen LogP) is 2.92. The van der Waals surface area contributed by atoms with E-state index < -0.39 is 0 Å². The van der Waals surface area contributed by atoms with Crippen molar-refractivity contribution in [2.75, 3.05) is 6.61 Å². The van der Waals surface area contributed by atoms with Crippen molar-refractivity contribution in [3.8, 4) is 0 Å². The van der Waals surface area contributed by atoms with Gasteiger partial charge in [0.25, 0.3) is 0 Å². The van der Waals surface area contributed by atoms with Crippen molar-refractivity contribution < 1.29 is 5.11 Å². The molecule has 0 heterocycles. The van der Waals surface area contributed by atoms with Crippen LogP contribution in [0, 0.1) is 17.8 Å². The van der Waals surface area contributed by atoms with Crippen molar-refractivity contribution in [2.24, 2.45) is 17.8 Å². The molecule has 0 radical (unpaired) electrons. The molecule has 2 saturated carbocycles. The summed E-state index contributed by atoms with van der Waals surface area (Å²) < 4.78 is 0. The maximum atomic E-state index is 9.01. The second kappa shape index (κ2) is 3.90. The third-order valence-corrected chi connectivity index (χ3v) is 3.83. The van der Waals surface area contributed by atoms with E-state index >= 15 is 0 Å². The average molecular weight is 192 g/mol. The third-order valence-electron chi connectivity index (χ3n) is 3.83. The van der Waals surface area contributed by atoms with Crippen LogP contribution in [0.5, 0.6) is 0 Å². The molecular weight excluding hydrogens is 172 g/mol. The van der Waals surface area contributed by atoms with Gasteiger partial charge in [0.05, 0.1) is 6.61 Å². The molecule has 0 saturated heterocycles.